The van der Waals surface area contributed by atoms with Crippen LogP contribution in [-0.2, 0) is 5.41 Å². The van der Waals surface area contributed by atoms with Crippen LogP contribution in [0, 0.1) is 6.92 Å². The quantitative estimate of drug-likeness (QED) is 0.780. The molecule has 1 heterocycles. The van der Waals surface area contributed by atoms with Gasteiger partial charge in [0.2, 0.25) is 0 Å². The molecule has 72 valence electrons. The zero-order valence-electron chi connectivity index (χ0n) is 7.54. The third kappa shape index (κ3) is 1.07. The van der Waals surface area contributed by atoms with Gasteiger partial charge in [-0.2, -0.15) is 0 Å². The molecule has 2 bridgehead atoms. The highest BCUT2D eigenvalue weighted by molar-refractivity contribution is 7.09. The van der Waals surface area contributed by atoms with E-state index in [1.807, 2.05) is 0 Å². The van der Waals surface area contributed by atoms with E-state index in [2.05, 4.69) is 17.3 Å². The molecular weight excluding hydrogens is 204 g/mol. The Bertz CT molecular complexity index is 327. The lowest BCUT2D eigenvalue weighted by molar-refractivity contribution is -0.0591. The second kappa shape index (κ2) is 2.47. The molecule has 1 aromatic rings. The Labute approximate surface area is 88.0 Å². The van der Waals surface area contributed by atoms with E-state index in [4.69, 9.17) is 5.73 Å². The fourth-order valence-electron chi connectivity index (χ4n) is 2.69. The van der Waals surface area contributed by atoms with Crippen molar-refractivity contribution in [3.63, 3.8) is 0 Å². The van der Waals surface area contributed by atoms with Gasteiger partial charge in [-0.25, -0.2) is 4.98 Å². The van der Waals surface area contributed by atoms with Gasteiger partial charge >= 0.3 is 0 Å². The molecule has 0 radical (unpaired) electrons. The highest BCUT2D eigenvalue weighted by atomic mass is 35.5. The first-order valence-corrected chi connectivity index (χ1v) is 5.22. The summed E-state index contributed by atoms with van der Waals surface area (Å²) in [5.74, 6) is 0. The summed E-state index contributed by atoms with van der Waals surface area (Å²) in [6.45, 7) is 2.06. The summed E-state index contributed by atoms with van der Waals surface area (Å²) in [4.78, 5) is 4.54. The second-order valence-electron chi connectivity index (χ2n) is 4.47. The highest BCUT2D eigenvalue weighted by Gasteiger charge is 2.67. The van der Waals surface area contributed by atoms with Gasteiger partial charge in [0.25, 0.3) is 0 Å². The van der Waals surface area contributed by atoms with Gasteiger partial charge in [0.1, 0.15) is 0 Å². The van der Waals surface area contributed by atoms with Crippen molar-refractivity contribution in [1.82, 2.24) is 4.98 Å². The lowest BCUT2D eigenvalue weighted by Crippen LogP contribution is -2.74. The Balaban J connectivity index is 0.000000653. The van der Waals surface area contributed by atoms with E-state index in [0.717, 1.165) is 5.69 Å². The van der Waals surface area contributed by atoms with Crippen molar-refractivity contribution >= 4 is 23.7 Å². The maximum absolute atomic E-state index is 5.99. The Morgan fingerprint density at radius 2 is 2.08 bits per heavy atom. The van der Waals surface area contributed by atoms with Crippen molar-refractivity contribution in [1.29, 1.82) is 0 Å². The standard InChI is InChI=1S/C9H12N2S.ClH/c1-6-2-12-7(11-6)8-3-9(10,4-8)5-8;/h2H,3-5,10H2,1H3;1H. The molecule has 3 aliphatic rings. The number of hydrogen-bond acceptors (Lipinski definition) is 3. The lowest BCUT2D eigenvalue weighted by atomic mass is 9.40. The van der Waals surface area contributed by atoms with E-state index < -0.39 is 0 Å². The number of nitrogens with zero attached hydrogens (tertiary/aromatic N) is 1. The van der Waals surface area contributed by atoms with Crippen LogP contribution in [0.25, 0.3) is 0 Å². The maximum atomic E-state index is 5.99. The first kappa shape index (κ1) is 9.44. The Morgan fingerprint density at radius 1 is 1.46 bits per heavy atom. The van der Waals surface area contributed by atoms with Crippen LogP contribution in [0.3, 0.4) is 0 Å². The molecule has 0 amide bonds. The van der Waals surface area contributed by atoms with Crippen LogP contribution in [0.2, 0.25) is 0 Å². The van der Waals surface area contributed by atoms with Gasteiger partial charge in [-0.1, -0.05) is 0 Å². The molecule has 0 aliphatic heterocycles. The van der Waals surface area contributed by atoms with E-state index in [1.54, 1.807) is 11.3 Å². The van der Waals surface area contributed by atoms with Crippen molar-refractivity contribution in [3.8, 4) is 0 Å². The summed E-state index contributed by atoms with van der Waals surface area (Å²) in [5.41, 5.74) is 7.78. The normalized spacial score (nSPS) is 40.2. The topological polar surface area (TPSA) is 38.9 Å². The van der Waals surface area contributed by atoms with Gasteiger partial charge < -0.3 is 5.73 Å². The predicted octanol–water partition coefficient (Wildman–Crippen LogP) is 2.01. The lowest BCUT2D eigenvalue weighted by Gasteiger charge is -2.68. The van der Waals surface area contributed by atoms with Crippen molar-refractivity contribution in [2.24, 2.45) is 5.73 Å². The molecule has 0 aromatic carbocycles. The van der Waals surface area contributed by atoms with Crippen molar-refractivity contribution in [2.75, 3.05) is 0 Å². The SMILES string of the molecule is Cc1csc(C23CC(N)(C2)C3)n1.Cl. The maximum Gasteiger partial charge on any atom is 0.0992 e. The molecule has 0 unspecified atom stereocenters. The summed E-state index contributed by atoms with van der Waals surface area (Å²) in [6, 6.07) is 0. The van der Waals surface area contributed by atoms with E-state index in [-0.39, 0.29) is 17.9 Å². The first-order chi connectivity index (χ1) is 5.62. The smallest absolute Gasteiger partial charge is 0.0992 e. The number of halogens is 1. The molecule has 4 heteroatoms. The molecule has 2 N–H and O–H groups in total. The van der Waals surface area contributed by atoms with E-state index >= 15 is 0 Å². The monoisotopic (exact) mass is 216 g/mol. The van der Waals surface area contributed by atoms with Crippen molar-refractivity contribution in [2.45, 2.75) is 37.1 Å². The number of hydrogen-bond donors (Lipinski definition) is 1. The first-order valence-electron chi connectivity index (χ1n) is 4.34. The Morgan fingerprint density at radius 3 is 2.46 bits per heavy atom. The fourth-order valence-corrected chi connectivity index (χ4v) is 3.69. The molecule has 2 nitrogen and oxygen atoms in total. The highest BCUT2D eigenvalue weighted by Crippen LogP contribution is 2.66. The summed E-state index contributed by atoms with van der Waals surface area (Å²) >= 11 is 1.80. The van der Waals surface area contributed by atoms with Gasteiger partial charge in [0, 0.05) is 22.0 Å². The van der Waals surface area contributed by atoms with Gasteiger partial charge in [-0.3, -0.25) is 0 Å². The summed E-state index contributed by atoms with van der Waals surface area (Å²) in [7, 11) is 0. The Kier molecular flexibility index (Phi) is 1.79. The molecule has 3 aliphatic carbocycles. The minimum atomic E-state index is 0. The van der Waals surface area contributed by atoms with Crippen LogP contribution >= 0.6 is 23.7 Å². The average molecular weight is 217 g/mol. The predicted molar refractivity (Wildman–Crippen MR) is 56.5 cm³/mol. The molecule has 0 saturated heterocycles. The average Bonchev–Trinajstić information content (AvgIpc) is 2.26. The summed E-state index contributed by atoms with van der Waals surface area (Å²) in [6.07, 6.45) is 3.52. The largest absolute Gasteiger partial charge is 0.325 e. The van der Waals surface area contributed by atoms with Crippen LogP contribution in [0.4, 0.5) is 0 Å². The van der Waals surface area contributed by atoms with Crippen LogP contribution in [0.1, 0.15) is 30.0 Å². The Hall–Kier alpha value is -0.120. The van der Waals surface area contributed by atoms with Crippen molar-refractivity contribution < 1.29 is 0 Å². The van der Waals surface area contributed by atoms with Gasteiger partial charge in [0.15, 0.2) is 0 Å². The molecular formula is C9H13ClN2S. The van der Waals surface area contributed by atoms with Gasteiger partial charge in [-0.05, 0) is 26.2 Å². The minimum absolute atomic E-state index is 0. The third-order valence-corrected chi connectivity index (χ3v) is 4.35. The third-order valence-electron chi connectivity index (χ3n) is 3.14. The molecule has 1 aromatic heterocycles. The zero-order chi connectivity index (χ0) is 8.40. The number of aryl methyl sites for hydroxylation is 1. The van der Waals surface area contributed by atoms with Crippen LogP contribution in [0.5, 0.6) is 0 Å². The molecule has 0 atom stereocenters. The summed E-state index contributed by atoms with van der Waals surface area (Å²) < 4.78 is 0. The minimum Gasteiger partial charge on any atom is -0.325 e. The summed E-state index contributed by atoms with van der Waals surface area (Å²) in [5, 5.41) is 3.46. The van der Waals surface area contributed by atoms with Gasteiger partial charge in [-0.15, -0.1) is 23.7 Å². The van der Waals surface area contributed by atoms with Crippen LogP contribution in [0.15, 0.2) is 5.38 Å². The number of aromatic nitrogens is 1. The van der Waals surface area contributed by atoms with E-state index in [1.165, 1.54) is 24.3 Å². The van der Waals surface area contributed by atoms with E-state index in [0.29, 0.717) is 5.41 Å². The van der Waals surface area contributed by atoms with E-state index in [9.17, 15) is 0 Å². The number of nitrogens with two attached hydrogens (primary N) is 1. The molecule has 3 fully saturated rings. The number of rotatable bonds is 1. The molecule has 0 spiro atoms. The zero-order valence-corrected chi connectivity index (χ0v) is 9.17. The molecule has 3 saturated carbocycles. The van der Waals surface area contributed by atoms with Crippen LogP contribution in [-0.4, -0.2) is 10.5 Å². The van der Waals surface area contributed by atoms with Crippen LogP contribution < -0.4 is 5.73 Å². The van der Waals surface area contributed by atoms with Crippen molar-refractivity contribution in [3.05, 3.63) is 16.1 Å². The fraction of sp³-hybridized carbons (Fsp3) is 0.667. The van der Waals surface area contributed by atoms with Gasteiger partial charge in [0.05, 0.1) is 5.01 Å². The second-order valence-corrected chi connectivity index (χ2v) is 5.33. The molecule has 13 heavy (non-hydrogen) atoms. The molecule has 4 rings (SSSR count). The number of thiazole rings is 1.